The standard InChI is InChI=1S/C23H29ClN10O4/c1-26-17-9-27-21-20(28-12-3-4-12)31-22(32-34(17)21)29-14-7-11(19(25)36)8-15(18(14)24)33-6-5-13(16(35)10-33)30-23(37)38-2/h7-9,12-13,16,26,35H,3-6,10H2,1-2H3,(H2,25,36)(H,30,37)(H2,28,29,31,32)/t13-,16-/m0/s1. The van der Waals surface area contributed by atoms with Crippen LogP contribution in [0.1, 0.15) is 29.6 Å². The van der Waals surface area contributed by atoms with Crippen molar-refractivity contribution in [2.75, 3.05) is 48.1 Å². The fourth-order valence-electron chi connectivity index (χ4n) is 4.34. The Labute approximate surface area is 222 Å². The lowest BCUT2D eigenvalue weighted by molar-refractivity contribution is 0.0999. The predicted molar refractivity (Wildman–Crippen MR) is 142 cm³/mol. The number of aromatic nitrogens is 4. The molecular weight excluding hydrogens is 516 g/mol. The minimum absolute atomic E-state index is 0.161. The van der Waals surface area contributed by atoms with Gasteiger partial charge in [-0.3, -0.25) is 4.79 Å². The van der Waals surface area contributed by atoms with E-state index in [9.17, 15) is 14.7 Å². The number of nitrogens with zero attached hydrogens (tertiary/aromatic N) is 5. The molecule has 14 nitrogen and oxygen atoms in total. The van der Waals surface area contributed by atoms with E-state index in [1.54, 1.807) is 23.8 Å². The highest BCUT2D eigenvalue weighted by molar-refractivity contribution is 6.36. The normalized spacial score (nSPS) is 19.2. The maximum atomic E-state index is 12.2. The summed E-state index contributed by atoms with van der Waals surface area (Å²) in [6.07, 6.45) is 2.68. The van der Waals surface area contributed by atoms with E-state index in [-0.39, 0.29) is 18.1 Å². The summed E-state index contributed by atoms with van der Waals surface area (Å²) in [6.45, 7) is 0.611. The lowest BCUT2D eigenvalue weighted by Crippen LogP contribution is -2.54. The quantitative estimate of drug-likeness (QED) is 0.241. The number of imidazole rings is 1. The van der Waals surface area contributed by atoms with Crippen molar-refractivity contribution >= 4 is 58.2 Å². The lowest BCUT2D eigenvalue weighted by atomic mass is 10.0. The van der Waals surface area contributed by atoms with Crippen LogP contribution in [-0.4, -0.2) is 82.1 Å². The van der Waals surface area contributed by atoms with Gasteiger partial charge in [0.1, 0.15) is 5.82 Å². The first-order valence-corrected chi connectivity index (χ1v) is 12.5. The van der Waals surface area contributed by atoms with Gasteiger partial charge in [0.25, 0.3) is 0 Å². The number of anilines is 5. The largest absolute Gasteiger partial charge is 0.453 e. The number of β-amino-alcohol motifs (C(OH)–C–C–N with tert-alkyl or cyclic N) is 1. The number of amides is 2. The number of aliphatic hydroxyl groups is 1. The number of hydrogen-bond donors (Lipinski definition) is 6. The van der Waals surface area contributed by atoms with Gasteiger partial charge in [-0.05, 0) is 31.4 Å². The van der Waals surface area contributed by atoms with Gasteiger partial charge in [0, 0.05) is 31.7 Å². The van der Waals surface area contributed by atoms with Crippen molar-refractivity contribution in [1.29, 1.82) is 0 Å². The van der Waals surface area contributed by atoms with Crippen molar-refractivity contribution < 1.29 is 19.4 Å². The topological polar surface area (TPSA) is 184 Å². The van der Waals surface area contributed by atoms with E-state index in [0.717, 1.165) is 12.8 Å². The number of primary amides is 1. The highest BCUT2D eigenvalue weighted by Gasteiger charge is 2.31. The number of ether oxygens (including phenoxy) is 1. The molecule has 1 aromatic carbocycles. The number of halogens is 1. The molecular formula is C23H29ClN10O4. The highest BCUT2D eigenvalue weighted by Crippen LogP contribution is 2.37. The number of carbonyl (C=O) groups excluding carboxylic acids is 2. The van der Waals surface area contributed by atoms with Crippen molar-refractivity contribution in [1.82, 2.24) is 24.9 Å². The molecule has 5 rings (SSSR count). The molecule has 3 heterocycles. The fourth-order valence-corrected chi connectivity index (χ4v) is 4.62. The molecule has 38 heavy (non-hydrogen) atoms. The molecule has 0 bridgehead atoms. The number of fused-ring (bicyclic) bond motifs is 1. The number of piperidine rings is 1. The average molecular weight is 545 g/mol. The number of nitrogens with one attached hydrogen (secondary N) is 4. The van der Waals surface area contributed by atoms with Crippen LogP contribution in [-0.2, 0) is 4.74 Å². The number of benzene rings is 1. The SMILES string of the molecule is CNc1cnc2c(NC3CC3)nc(Nc3cc(C(N)=O)cc(N4CC[C@H](NC(=O)OC)[C@@H](O)C4)c3Cl)nn12. The molecule has 0 spiro atoms. The van der Waals surface area contributed by atoms with E-state index in [2.05, 4.69) is 41.1 Å². The Morgan fingerprint density at radius 2 is 2.05 bits per heavy atom. The zero-order chi connectivity index (χ0) is 27.0. The van der Waals surface area contributed by atoms with Crippen LogP contribution in [0, 0.1) is 0 Å². The van der Waals surface area contributed by atoms with Gasteiger partial charge in [-0.15, -0.1) is 5.10 Å². The van der Waals surface area contributed by atoms with Crippen LogP contribution in [0.25, 0.3) is 5.65 Å². The van der Waals surface area contributed by atoms with E-state index in [1.165, 1.54) is 13.2 Å². The Kier molecular flexibility index (Phi) is 6.99. The van der Waals surface area contributed by atoms with Gasteiger partial charge in [0.2, 0.25) is 11.9 Å². The third kappa shape index (κ3) is 5.17. The van der Waals surface area contributed by atoms with Crippen LogP contribution in [0.3, 0.4) is 0 Å². The van der Waals surface area contributed by atoms with Crippen molar-refractivity contribution in [3.8, 4) is 0 Å². The highest BCUT2D eigenvalue weighted by atomic mass is 35.5. The predicted octanol–water partition coefficient (Wildman–Crippen LogP) is 1.53. The van der Waals surface area contributed by atoms with Gasteiger partial charge in [0.05, 0.1) is 41.8 Å². The zero-order valence-electron chi connectivity index (χ0n) is 20.9. The summed E-state index contributed by atoms with van der Waals surface area (Å²) in [5.41, 5.74) is 7.28. The summed E-state index contributed by atoms with van der Waals surface area (Å²) >= 11 is 6.82. The first kappa shape index (κ1) is 25.6. The van der Waals surface area contributed by atoms with Crippen molar-refractivity contribution in [2.24, 2.45) is 5.73 Å². The molecule has 0 radical (unpaired) electrons. The van der Waals surface area contributed by atoms with Crippen LogP contribution in [0.2, 0.25) is 5.02 Å². The molecule has 2 amide bonds. The van der Waals surface area contributed by atoms with Gasteiger partial charge < -0.3 is 41.7 Å². The van der Waals surface area contributed by atoms with Crippen LogP contribution in [0.4, 0.5) is 33.8 Å². The molecule has 202 valence electrons. The molecule has 7 N–H and O–H groups in total. The summed E-state index contributed by atoms with van der Waals surface area (Å²) < 4.78 is 6.26. The maximum absolute atomic E-state index is 12.2. The molecule has 2 aliphatic rings. The first-order chi connectivity index (χ1) is 18.3. The van der Waals surface area contributed by atoms with Crippen LogP contribution in [0.15, 0.2) is 18.3 Å². The molecule has 15 heteroatoms. The Hall–Kier alpha value is -4.04. The third-order valence-corrected chi connectivity index (χ3v) is 6.93. The second-order valence-corrected chi connectivity index (χ2v) is 9.60. The molecule has 1 aliphatic heterocycles. The van der Waals surface area contributed by atoms with E-state index < -0.39 is 24.1 Å². The summed E-state index contributed by atoms with van der Waals surface area (Å²) in [7, 11) is 3.03. The van der Waals surface area contributed by atoms with Crippen LogP contribution >= 0.6 is 11.6 Å². The first-order valence-electron chi connectivity index (χ1n) is 12.1. The van der Waals surface area contributed by atoms with Crippen molar-refractivity contribution in [3.05, 3.63) is 28.9 Å². The van der Waals surface area contributed by atoms with Gasteiger partial charge in [-0.1, -0.05) is 11.6 Å². The third-order valence-electron chi connectivity index (χ3n) is 6.53. The monoisotopic (exact) mass is 544 g/mol. The Bertz CT molecular complexity index is 1380. The Balaban J connectivity index is 1.47. The van der Waals surface area contributed by atoms with Gasteiger partial charge in [-0.25, -0.2) is 9.78 Å². The zero-order valence-corrected chi connectivity index (χ0v) is 21.6. The number of nitrogens with two attached hydrogens (primary N) is 1. The molecule has 2 atom stereocenters. The number of rotatable bonds is 8. The summed E-state index contributed by atoms with van der Waals surface area (Å²) in [5.74, 6) is 0.815. The number of carbonyl (C=O) groups is 2. The number of methoxy groups -OCH3 is 1. The Morgan fingerprint density at radius 3 is 2.71 bits per heavy atom. The number of aliphatic hydroxyl groups excluding tert-OH is 1. The molecule has 2 fully saturated rings. The van der Waals surface area contributed by atoms with Crippen molar-refractivity contribution in [3.63, 3.8) is 0 Å². The molecule has 0 unspecified atom stereocenters. The summed E-state index contributed by atoms with van der Waals surface area (Å²) in [6, 6.07) is 2.96. The Morgan fingerprint density at radius 1 is 1.26 bits per heavy atom. The van der Waals surface area contributed by atoms with E-state index in [0.29, 0.717) is 52.7 Å². The second-order valence-electron chi connectivity index (χ2n) is 9.22. The molecule has 1 saturated carbocycles. The molecule has 1 saturated heterocycles. The van der Waals surface area contributed by atoms with Crippen LogP contribution in [0.5, 0.6) is 0 Å². The molecule has 1 aliphatic carbocycles. The second kappa shape index (κ2) is 10.4. The van der Waals surface area contributed by atoms with Gasteiger partial charge in [0.15, 0.2) is 11.5 Å². The van der Waals surface area contributed by atoms with Crippen molar-refractivity contribution in [2.45, 2.75) is 37.5 Å². The van der Waals surface area contributed by atoms with Crippen LogP contribution < -0.4 is 31.9 Å². The molecule has 3 aromatic rings. The van der Waals surface area contributed by atoms with Gasteiger partial charge >= 0.3 is 6.09 Å². The average Bonchev–Trinajstić information content (AvgIpc) is 3.62. The number of alkyl carbamates (subject to hydrolysis) is 1. The fraction of sp³-hybridized carbons (Fsp3) is 0.435. The maximum Gasteiger partial charge on any atom is 0.407 e. The summed E-state index contributed by atoms with van der Waals surface area (Å²) in [4.78, 5) is 34.6. The van der Waals surface area contributed by atoms with E-state index >= 15 is 0 Å². The lowest BCUT2D eigenvalue weighted by Gasteiger charge is -2.38. The van der Waals surface area contributed by atoms with E-state index in [1.807, 2.05) is 4.90 Å². The number of hydrogen-bond acceptors (Lipinski definition) is 11. The van der Waals surface area contributed by atoms with Gasteiger partial charge in [-0.2, -0.15) is 9.50 Å². The summed E-state index contributed by atoms with van der Waals surface area (Å²) in [5, 5.41) is 27.7. The molecule has 2 aromatic heterocycles. The van der Waals surface area contributed by atoms with E-state index in [4.69, 9.17) is 17.3 Å². The minimum atomic E-state index is -0.893. The minimum Gasteiger partial charge on any atom is -0.453 e. The smallest absolute Gasteiger partial charge is 0.407 e.